The monoisotopic (exact) mass is 366 g/mol. The molecule has 1 N–H and O–H groups in total. The molecule has 0 saturated heterocycles. The molecule has 0 aliphatic rings. The van der Waals surface area contributed by atoms with Crippen LogP contribution < -0.4 is 10.1 Å². The van der Waals surface area contributed by atoms with E-state index in [2.05, 4.69) is 16.3 Å². The van der Waals surface area contributed by atoms with Gasteiger partial charge in [0.15, 0.2) is 5.76 Å². The van der Waals surface area contributed by atoms with E-state index in [1.165, 1.54) is 5.56 Å². The van der Waals surface area contributed by atoms with E-state index in [4.69, 9.17) is 9.15 Å². The van der Waals surface area contributed by atoms with Crippen LogP contribution in [0, 0.1) is 6.92 Å². The van der Waals surface area contributed by atoms with E-state index in [9.17, 15) is 4.79 Å². The van der Waals surface area contributed by atoms with Crippen LogP contribution in [0.15, 0.2) is 46.9 Å². The van der Waals surface area contributed by atoms with Crippen LogP contribution in [-0.2, 0) is 13.1 Å². The van der Waals surface area contributed by atoms with Crippen molar-refractivity contribution < 1.29 is 13.9 Å². The van der Waals surface area contributed by atoms with Gasteiger partial charge in [0, 0.05) is 24.0 Å². The van der Waals surface area contributed by atoms with Gasteiger partial charge < -0.3 is 19.4 Å². The molecule has 0 atom stereocenters. The third kappa shape index (κ3) is 4.31. The number of benzene rings is 2. The number of aryl methyl sites for hydroxylation is 1. The molecule has 3 rings (SSSR count). The lowest BCUT2D eigenvalue weighted by Gasteiger charge is -2.14. The van der Waals surface area contributed by atoms with Gasteiger partial charge in [0.25, 0.3) is 5.91 Å². The first-order valence-electron chi connectivity index (χ1n) is 9.15. The van der Waals surface area contributed by atoms with Crippen molar-refractivity contribution >= 4 is 16.9 Å². The van der Waals surface area contributed by atoms with E-state index in [-0.39, 0.29) is 5.91 Å². The van der Waals surface area contributed by atoms with Gasteiger partial charge in [-0.2, -0.15) is 0 Å². The minimum absolute atomic E-state index is 0.207. The summed E-state index contributed by atoms with van der Waals surface area (Å²) in [4.78, 5) is 14.8. The van der Waals surface area contributed by atoms with Crippen molar-refractivity contribution in [1.82, 2.24) is 10.2 Å². The van der Waals surface area contributed by atoms with E-state index in [0.717, 1.165) is 28.8 Å². The molecule has 0 bridgehead atoms. The maximum Gasteiger partial charge on any atom is 0.287 e. The lowest BCUT2D eigenvalue weighted by molar-refractivity contribution is 0.0924. The highest BCUT2D eigenvalue weighted by molar-refractivity contribution is 5.99. The Labute approximate surface area is 159 Å². The van der Waals surface area contributed by atoms with Crippen LogP contribution in [-0.4, -0.2) is 31.5 Å². The highest BCUT2D eigenvalue weighted by Gasteiger charge is 2.18. The molecule has 27 heavy (non-hydrogen) atoms. The van der Waals surface area contributed by atoms with Crippen molar-refractivity contribution in [2.24, 2.45) is 0 Å². The van der Waals surface area contributed by atoms with Crippen molar-refractivity contribution in [2.75, 3.05) is 20.7 Å². The standard InChI is InChI=1S/C22H26N2O3/c1-5-26-18-10-11-20-19(12-18)15(2)21(27-20)22(25)23-13-16-8-6-7-9-17(16)14-24(3)4/h6-12H,5,13-14H2,1-4H3,(H,23,25). The SMILES string of the molecule is CCOc1ccc2oc(C(=O)NCc3ccccc3CN(C)C)c(C)c2c1. The largest absolute Gasteiger partial charge is 0.494 e. The fourth-order valence-electron chi connectivity index (χ4n) is 3.15. The number of fused-ring (bicyclic) bond motifs is 1. The number of ether oxygens (including phenoxy) is 1. The average Bonchev–Trinajstić information content (AvgIpc) is 2.97. The van der Waals surface area contributed by atoms with Crippen molar-refractivity contribution in [1.29, 1.82) is 0 Å². The predicted octanol–water partition coefficient (Wildman–Crippen LogP) is 4.13. The van der Waals surface area contributed by atoms with Crippen molar-refractivity contribution in [3.63, 3.8) is 0 Å². The summed E-state index contributed by atoms with van der Waals surface area (Å²) >= 11 is 0. The maximum atomic E-state index is 12.7. The zero-order valence-electron chi connectivity index (χ0n) is 16.3. The van der Waals surface area contributed by atoms with Gasteiger partial charge in [-0.15, -0.1) is 0 Å². The molecule has 0 aliphatic heterocycles. The Morgan fingerprint density at radius 3 is 2.59 bits per heavy atom. The molecule has 5 heteroatoms. The summed E-state index contributed by atoms with van der Waals surface area (Å²) in [6, 6.07) is 13.7. The quantitative estimate of drug-likeness (QED) is 0.683. The summed E-state index contributed by atoms with van der Waals surface area (Å²) < 4.78 is 11.3. The number of carbonyl (C=O) groups excluding carboxylic acids is 1. The van der Waals surface area contributed by atoms with Gasteiger partial charge >= 0.3 is 0 Å². The molecule has 0 unspecified atom stereocenters. The Bertz CT molecular complexity index is 944. The van der Waals surface area contributed by atoms with Gasteiger partial charge in [-0.25, -0.2) is 0 Å². The zero-order valence-corrected chi connectivity index (χ0v) is 16.3. The Kier molecular flexibility index (Phi) is 5.81. The minimum atomic E-state index is -0.207. The Hall–Kier alpha value is -2.79. The van der Waals surface area contributed by atoms with Gasteiger partial charge in [0.2, 0.25) is 0 Å². The average molecular weight is 366 g/mol. The number of amides is 1. The molecule has 1 aromatic heterocycles. The van der Waals surface area contributed by atoms with E-state index in [0.29, 0.717) is 24.5 Å². The van der Waals surface area contributed by atoms with E-state index >= 15 is 0 Å². The van der Waals surface area contributed by atoms with E-state index < -0.39 is 0 Å². The van der Waals surface area contributed by atoms with Crippen LogP contribution in [0.2, 0.25) is 0 Å². The molecular formula is C22H26N2O3. The zero-order chi connectivity index (χ0) is 19.4. The van der Waals surface area contributed by atoms with Gasteiger partial charge in [-0.05, 0) is 57.3 Å². The number of hydrogen-bond donors (Lipinski definition) is 1. The Balaban J connectivity index is 1.78. The van der Waals surface area contributed by atoms with Gasteiger partial charge in [-0.1, -0.05) is 24.3 Å². The molecule has 0 saturated carbocycles. The molecule has 1 heterocycles. The molecule has 0 fully saturated rings. The van der Waals surface area contributed by atoms with E-state index in [1.54, 1.807) is 0 Å². The number of hydrogen-bond acceptors (Lipinski definition) is 4. The number of nitrogens with one attached hydrogen (secondary N) is 1. The molecule has 142 valence electrons. The normalized spacial score (nSPS) is 11.1. The lowest BCUT2D eigenvalue weighted by Crippen LogP contribution is -2.24. The number of nitrogens with zero attached hydrogens (tertiary/aromatic N) is 1. The smallest absolute Gasteiger partial charge is 0.287 e. The predicted molar refractivity (Wildman–Crippen MR) is 107 cm³/mol. The summed E-state index contributed by atoms with van der Waals surface area (Å²) in [5.41, 5.74) is 3.82. The highest BCUT2D eigenvalue weighted by Crippen LogP contribution is 2.29. The lowest BCUT2D eigenvalue weighted by atomic mass is 10.1. The molecule has 3 aromatic rings. The maximum absolute atomic E-state index is 12.7. The van der Waals surface area contributed by atoms with Gasteiger partial charge in [0.1, 0.15) is 11.3 Å². The van der Waals surface area contributed by atoms with E-state index in [1.807, 2.05) is 64.3 Å². The molecule has 0 radical (unpaired) electrons. The number of carbonyl (C=O) groups is 1. The van der Waals surface area contributed by atoms with Crippen LogP contribution in [0.1, 0.15) is 34.2 Å². The summed E-state index contributed by atoms with van der Waals surface area (Å²) in [5, 5.41) is 3.89. The molecular weight excluding hydrogens is 340 g/mol. The fourth-order valence-corrected chi connectivity index (χ4v) is 3.15. The number of furan rings is 1. The summed E-state index contributed by atoms with van der Waals surface area (Å²) in [6.07, 6.45) is 0. The van der Waals surface area contributed by atoms with Crippen molar-refractivity contribution in [3.8, 4) is 5.75 Å². The Morgan fingerprint density at radius 2 is 1.89 bits per heavy atom. The van der Waals surface area contributed by atoms with Gasteiger partial charge in [0.05, 0.1) is 6.61 Å². The Morgan fingerprint density at radius 1 is 1.15 bits per heavy atom. The molecule has 1 amide bonds. The first-order chi connectivity index (χ1) is 13.0. The summed E-state index contributed by atoms with van der Waals surface area (Å²) in [5.74, 6) is 0.920. The third-order valence-corrected chi connectivity index (χ3v) is 4.47. The third-order valence-electron chi connectivity index (χ3n) is 4.47. The minimum Gasteiger partial charge on any atom is -0.494 e. The van der Waals surface area contributed by atoms with Crippen LogP contribution in [0.25, 0.3) is 11.0 Å². The van der Waals surface area contributed by atoms with Crippen LogP contribution >= 0.6 is 0 Å². The summed E-state index contributed by atoms with van der Waals surface area (Å²) in [7, 11) is 4.06. The first kappa shape index (κ1) is 19.0. The van der Waals surface area contributed by atoms with Crippen LogP contribution in [0.3, 0.4) is 0 Å². The summed E-state index contributed by atoms with van der Waals surface area (Å²) in [6.45, 7) is 5.73. The van der Waals surface area contributed by atoms with Crippen LogP contribution in [0.5, 0.6) is 5.75 Å². The fraction of sp³-hybridized carbons (Fsp3) is 0.318. The second kappa shape index (κ2) is 8.27. The molecule has 0 spiro atoms. The van der Waals surface area contributed by atoms with Gasteiger partial charge in [-0.3, -0.25) is 4.79 Å². The second-order valence-corrected chi connectivity index (χ2v) is 6.84. The topological polar surface area (TPSA) is 54.7 Å². The number of rotatable bonds is 7. The van der Waals surface area contributed by atoms with Crippen LogP contribution in [0.4, 0.5) is 0 Å². The van der Waals surface area contributed by atoms with Crippen molar-refractivity contribution in [3.05, 3.63) is 64.9 Å². The van der Waals surface area contributed by atoms with Crippen molar-refractivity contribution in [2.45, 2.75) is 26.9 Å². The second-order valence-electron chi connectivity index (χ2n) is 6.84. The molecule has 0 aliphatic carbocycles. The first-order valence-corrected chi connectivity index (χ1v) is 9.15. The molecule has 5 nitrogen and oxygen atoms in total. The molecule has 2 aromatic carbocycles. The highest BCUT2D eigenvalue weighted by atomic mass is 16.5.